The maximum atomic E-state index is 11.7. The van der Waals surface area contributed by atoms with Gasteiger partial charge in [0.2, 0.25) is 0 Å². The van der Waals surface area contributed by atoms with E-state index in [1.165, 1.54) is 0 Å². The average molecular weight is 235 g/mol. The highest BCUT2D eigenvalue weighted by Gasteiger charge is 2.14. The molecular formula is C13H21N3O. The number of anilines is 1. The molecule has 4 nitrogen and oxygen atoms in total. The number of carbonyl (C=O) groups excluding carboxylic acids is 1. The zero-order chi connectivity index (χ0) is 12.7. The summed E-state index contributed by atoms with van der Waals surface area (Å²) in [5, 5.41) is 0. The van der Waals surface area contributed by atoms with E-state index in [4.69, 9.17) is 5.84 Å². The summed E-state index contributed by atoms with van der Waals surface area (Å²) in [5.74, 6) is 4.96. The van der Waals surface area contributed by atoms with E-state index >= 15 is 0 Å². The maximum Gasteiger partial charge on any atom is 0.267 e. The number of hydrogen-bond donors (Lipinski definition) is 2. The summed E-state index contributed by atoms with van der Waals surface area (Å²) in [7, 11) is 0. The monoisotopic (exact) mass is 235 g/mol. The smallest absolute Gasteiger partial charge is 0.267 e. The number of amides is 1. The fourth-order valence-electron chi connectivity index (χ4n) is 1.91. The predicted octanol–water partition coefficient (Wildman–Crippen LogP) is 1.92. The zero-order valence-electron chi connectivity index (χ0n) is 10.6. The molecule has 1 rings (SSSR count). The Balaban J connectivity index is 3.04. The van der Waals surface area contributed by atoms with Gasteiger partial charge < -0.3 is 4.90 Å². The van der Waals surface area contributed by atoms with Crippen molar-refractivity contribution in [2.45, 2.75) is 26.7 Å². The summed E-state index contributed by atoms with van der Waals surface area (Å²) in [6.45, 7) is 6.16. The molecule has 0 bridgehead atoms. The Bertz CT molecular complexity index is 359. The van der Waals surface area contributed by atoms with E-state index < -0.39 is 0 Å². The molecular weight excluding hydrogens is 214 g/mol. The Morgan fingerprint density at radius 3 is 2.35 bits per heavy atom. The lowest BCUT2D eigenvalue weighted by Crippen LogP contribution is -2.33. The van der Waals surface area contributed by atoms with Crippen molar-refractivity contribution in [1.29, 1.82) is 0 Å². The molecule has 0 aliphatic heterocycles. The molecule has 94 valence electrons. The van der Waals surface area contributed by atoms with Crippen molar-refractivity contribution in [2.24, 2.45) is 5.84 Å². The molecule has 0 heterocycles. The van der Waals surface area contributed by atoms with Crippen LogP contribution in [0.5, 0.6) is 0 Å². The lowest BCUT2D eigenvalue weighted by Gasteiger charge is -2.25. The molecule has 1 aromatic rings. The van der Waals surface area contributed by atoms with Gasteiger partial charge in [-0.2, -0.15) is 0 Å². The highest BCUT2D eigenvalue weighted by Crippen LogP contribution is 2.20. The van der Waals surface area contributed by atoms with Crippen molar-refractivity contribution >= 4 is 11.6 Å². The molecule has 0 radical (unpaired) electrons. The minimum Gasteiger partial charge on any atom is -0.371 e. The summed E-state index contributed by atoms with van der Waals surface area (Å²) in [6.07, 6.45) is 2.11. The van der Waals surface area contributed by atoms with Crippen LogP contribution < -0.4 is 16.2 Å². The Kier molecular flexibility index (Phi) is 5.49. The van der Waals surface area contributed by atoms with Gasteiger partial charge in [-0.1, -0.05) is 26.0 Å². The molecule has 3 N–H and O–H groups in total. The first-order chi connectivity index (χ1) is 8.24. The molecule has 4 heteroatoms. The van der Waals surface area contributed by atoms with Crippen molar-refractivity contribution in [3.05, 3.63) is 29.8 Å². The summed E-state index contributed by atoms with van der Waals surface area (Å²) < 4.78 is 0. The molecule has 0 aromatic heterocycles. The van der Waals surface area contributed by atoms with Gasteiger partial charge in [-0.15, -0.1) is 0 Å². The molecule has 0 saturated carbocycles. The fourth-order valence-corrected chi connectivity index (χ4v) is 1.91. The van der Waals surface area contributed by atoms with E-state index in [9.17, 15) is 4.79 Å². The summed E-state index contributed by atoms with van der Waals surface area (Å²) in [6, 6.07) is 7.57. The number of benzene rings is 1. The second kappa shape index (κ2) is 6.91. The van der Waals surface area contributed by atoms with Gasteiger partial charge in [-0.05, 0) is 25.0 Å². The van der Waals surface area contributed by atoms with E-state index in [-0.39, 0.29) is 5.91 Å². The number of hydrazine groups is 1. The van der Waals surface area contributed by atoms with E-state index in [2.05, 4.69) is 24.2 Å². The van der Waals surface area contributed by atoms with Gasteiger partial charge in [-0.3, -0.25) is 10.2 Å². The first-order valence-electron chi connectivity index (χ1n) is 6.09. The van der Waals surface area contributed by atoms with Crippen molar-refractivity contribution in [1.82, 2.24) is 5.43 Å². The van der Waals surface area contributed by atoms with Crippen LogP contribution in [-0.4, -0.2) is 19.0 Å². The highest BCUT2D eigenvalue weighted by atomic mass is 16.2. The first-order valence-corrected chi connectivity index (χ1v) is 6.09. The largest absolute Gasteiger partial charge is 0.371 e. The number of nitrogen functional groups attached to an aromatic ring is 1. The second-order valence-electron chi connectivity index (χ2n) is 3.98. The average Bonchev–Trinajstić information content (AvgIpc) is 2.37. The molecule has 0 saturated heterocycles. The number of para-hydroxylation sites is 1. The van der Waals surface area contributed by atoms with Crippen molar-refractivity contribution in [3.8, 4) is 0 Å². The maximum absolute atomic E-state index is 11.7. The lowest BCUT2D eigenvalue weighted by molar-refractivity contribution is 0.0954. The SMILES string of the molecule is CCCN(CCC)c1ccccc1C(=O)NN. The minimum atomic E-state index is -0.238. The molecule has 0 spiro atoms. The third-order valence-electron chi connectivity index (χ3n) is 2.61. The van der Waals surface area contributed by atoms with E-state index in [1.54, 1.807) is 6.07 Å². The molecule has 0 unspecified atom stereocenters. The van der Waals surface area contributed by atoms with Crippen LogP contribution in [-0.2, 0) is 0 Å². The Morgan fingerprint density at radius 2 is 1.82 bits per heavy atom. The van der Waals surface area contributed by atoms with Crippen LogP contribution in [0, 0.1) is 0 Å². The minimum absolute atomic E-state index is 0.238. The van der Waals surface area contributed by atoms with E-state index in [1.807, 2.05) is 18.2 Å². The topological polar surface area (TPSA) is 58.4 Å². The molecule has 0 aliphatic carbocycles. The van der Waals surface area contributed by atoms with Crippen LogP contribution in [0.1, 0.15) is 37.0 Å². The normalized spacial score (nSPS) is 10.1. The number of nitrogens with one attached hydrogen (secondary N) is 1. The molecule has 1 amide bonds. The number of nitrogens with zero attached hydrogens (tertiary/aromatic N) is 1. The van der Waals surface area contributed by atoms with E-state index in [0.717, 1.165) is 31.6 Å². The quantitative estimate of drug-likeness (QED) is 0.450. The third kappa shape index (κ3) is 3.46. The van der Waals surface area contributed by atoms with Crippen LogP contribution >= 0.6 is 0 Å². The Hall–Kier alpha value is -1.55. The third-order valence-corrected chi connectivity index (χ3v) is 2.61. The Labute approximate surface area is 103 Å². The van der Waals surface area contributed by atoms with Crippen LogP contribution in [0.4, 0.5) is 5.69 Å². The molecule has 17 heavy (non-hydrogen) atoms. The number of nitrogens with two attached hydrogens (primary N) is 1. The van der Waals surface area contributed by atoms with Gasteiger partial charge in [-0.25, -0.2) is 5.84 Å². The number of rotatable bonds is 6. The van der Waals surface area contributed by atoms with Crippen LogP contribution in [0.2, 0.25) is 0 Å². The Morgan fingerprint density at radius 1 is 1.24 bits per heavy atom. The molecule has 0 aliphatic rings. The summed E-state index contributed by atoms with van der Waals surface area (Å²) >= 11 is 0. The molecule has 1 aromatic carbocycles. The van der Waals surface area contributed by atoms with Gasteiger partial charge >= 0.3 is 0 Å². The fraction of sp³-hybridized carbons (Fsp3) is 0.462. The van der Waals surface area contributed by atoms with E-state index in [0.29, 0.717) is 5.56 Å². The standard InChI is InChI=1S/C13H21N3O/c1-3-9-16(10-4-2)12-8-6-5-7-11(12)13(17)15-14/h5-8H,3-4,9-10,14H2,1-2H3,(H,15,17). The second-order valence-corrected chi connectivity index (χ2v) is 3.98. The number of hydrogen-bond acceptors (Lipinski definition) is 3. The van der Waals surface area contributed by atoms with Gasteiger partial charge in [0.15, 0.2) is 0 Å². The van der Waals surface area contributed by atoms with Crippen molar-refractivity contribution < 1.29 is 4.79 Å². The first kappa shape index (κ1) is 13.5. The van der Waals surface area contributed by atoms with Gasteiger partial charge in [0.05, 0.1) is 5.56 Å². The number of carbonyl (C=O) groups is 1. The summed E-state index contributed by atoms with van der Waals surface area (Å²) in [4.78, 5) is 13.9. The van der Waals surface area contributed by atoms with Crippen molar-refractivity contribution in [3.63, 3.8) is 0 Å². The van der Waals surface area contributed by atoms with Crippen LogP contribution in [0.15, 0.2) is 24.3 Å². The molecule has 0 atom stereocenters. The van der Waals surface area contributed by atoms with Gasteiger partial charge in [0, 0.05) is 18.8 Å². The van der Waals surface area contributed by atoms with Gasteiger partial charge in [0.25, 0.3) is 5.91 Å². The predicted molar refractivity (Wildman–Crippen MR) is 70.9 cm³/mol. The van der Waals surface area contributed by atoms with Crippen LogP contribution in [0.25, 0.3) is 0 Å². The van der Waals surface area contributed by atoms with Gasteiger partial charge in [0.1, 0.15) is 0 Å². The summed E-state index contributed by atoms with van der Waals surface area (Å²) in [5.41, 5.74) is 3.79. The van der Waals surface area contributed by atoms with Crippen LogP contribution in [0.3, 0.4) is 0 Å². The van der Waals surface area contributed by atoms with Crippen molar-refractivity contribution in [2.75, 3.05) is 18.0 Å². The lowest BCUT2D eigenvalue weighted by atomic mass is 10.1. The zero-order valence-corrected chi connectivity index (χ0v) is 10.6. The highest BCUT2D eigenvalue weighted by molar-refractivity contribution is 5.99. The molecule has 0 fully saturated rings.